The molecule has 0 aliphatic rings. The molecule has 2 nitrogen and oxygen atoms in total. The van der Waals surface area contributed by atoms with Gasteiger partial charge in [-0.3, -0.25) is 0 Å². The molecule has 0 saturated heterocycles. The summed E-state index contributed by atoms with van der Waals surface area (Å²) >= 11 is 3.32. The Morgan fingerprint density at radius 1 is 1.55 bits per heavy atom. The summed E-state index contributed by atoms with van der Waals surface area (Å²) in [5.41, 5.74) is 0.939. The monoisotopic (exact) mass is 213 g/mol. The Bertz CT molecular complexity index is 262. The number of rotatable bonds is 2. The predicted octanol–water partition coefficient (Wildman–Crippen LogP) is 3.28. The molecule has 58 valence electrons. The number of benzene rings is 1. The molecule has 0 aliphatic heterocycles. The first kappa shape index (κ1) is 8.40. The van der Waals surface area contributed by atoms with Crippen molar-refractivity contribution in [2.45, 2.75) is 13.0 Å². The van der Waals surface area contributed by atoms with Crippen LogP contribution in [0.15, 0.2) is 33.9 Å². The molecule has 0 N–H and O–H groups in total. The fraction of sp³-hybridized carbons (Fsp3) is 0.250. The molecule has 0 aliphatic carbocycles. The first-order valence-corrected chi connectivity index (χ1v) is 4.11. The number of halogens is 1. The van der Waals surface area contributed by atoms with Crippen molar-refractivity contribution >= 4 is 15.9 Å². The van der Waals surface area contributed by atoms with Crippen molar-refractivity contribution in [2.75, 3.05) is 0 Å². The largest absolute Gasteiger partial charge is 0.150 e. The normalized spacial score (nSPS) is 12.5. The molecular weight excluding hydrogens is 206 g/mol. The van der Waals surface area contributed by atoms with Crippen molar-refractivity contribution in [3.05, 3.63) is 39.2 Å². The zero-order chi connectivity index (χ0) is 8.27. The highest BCUT2D eigenvalue weighted by atomic mass is 79.9. The van der Waals surface area contributed by atoms with Gasteiger partial charge in [0.2, 0.25) is 0 Å². The van der Waals surface area contributed by atoms with E-state index in [1.165, 1.54) is 0 Å². The third-order valence-corrected chi connectivity index (χ3v) is 1.98. The zero-order valence-electron chi connectivity index (χ0n) is 6.12. The summed E-state index contributed by atoms with van der Waals surface area (Å²) in [6.45, 7) is 1.77. The lowest BCUT2D eigenvalue weighted by Gasteiger charge is -2.01. The summed E-state index contributed by atoms with van der Waals surface area (Å²) in [5, 5.41) is 2.93. The molecule has 0 spiro atoms. The zero-order valence-corrected chi connectivity index (χ0v) is 7.71. The maximum atomic E-state index is 10.2. The molecule has 0 aromatic heterocycles. The summed E-state index contributed by atoms with van der Waals surface area (Å²) in [4.78, 5) is 10.2. The van der Waals surface area contributed by atoms with Crippen molar-refractivity contribution < 1.29 is 0 Å². The Kier molecular flexibility index (Phi) is 2.76. The fourth-order valence-electron chi connectivity index (χ4n) is 0.827. The molecule has 1 atom stereocenters. The Morgan fingerprint density at radius 2 is 2.27 bits per heavy atom. The summed E-state index contributed by atoms with van der Waals surface area (Å²) in [5.74, 6) is 0. The molecule has 1 rings (SSSR count). The lowest BCUT2D eigenvalue weighted by molar-refractivity contribution is 0.811. The lowest BCUT2D eigenvalue weighted by Crippen LogP contribution is -1.86. The van der Waals surface area contributed by atoms with Gasteiger partial charge in [0.1, 0.15) is 6.04 Å². The molecular formula is C8H8BrNO. The maximum absolute atomic E-state index is 10.2. The first-order valence-electron chi connectivity index (χ1n) is 3.32. The van der Waals surface area contributed by atoms with Gasteiger partial charge in [-0.2, -0.15) is 4.91 Å². The van der Waals surface area contributed by atoms with Crippen LogP contribution in [0.1, 0.15) is 18.5 Å². The van der Waals surface area contributed by atoms with E-state index < -0.39 is 0 Å². The first-order chi connectivity index (χ1) is 5.24. The second-order valence-electron chi connectivity index (χ2n) is 2.34. The van der Waals surface area contributed by atoms with Crippen LogP contribution in [0, 0.1) is 4.91 Å². The SMILES string of the molecule is CC(N=O)c1cccc(Br)c1. The van der Waals surface area contributed by atoms with Crippen LogP contribution < -0.4 is 0 Å². The molecule has 0 radical (unpaired) electrons. The van der Waals surface area contributed by atoms with E-state index in [9.17, 15) is 4.91 Å². The third-order valence-electron chi connectivity index (χ3n) is 1.49. The molecule has 1 aromatic rings. The van der Waals surface area contributed by atoms with Crippen LogP contribution in [-0.2, 0) is 0 Å². The second kappa shape index (κ2) is 3.62. The van der Waals surface area contributed by atoms with Gasteiger partial charge in [0.05, 0.1) is 0 Å². The Balaban J connectivity index is 2.95. The van der Waals surface area contributed by atoms with Crippen LogP contribution >= 0.6 is 15.9 Å². The van der Waals surface area contributed by atoms with E-state index >= 15 is 0 Å². The van der Waals surface area contributed by atoms with Crippen molar-refractivity contribution in [3.63, 3.8) is 0 Å². The maximum Gasteiger partial charge on any atom is 0.114 e. The standard InChI is InChI=1S/C8H8BrNO/c1-6(10-11)7-3-2-4-8(9)5-7/h2-6H,1H3. The van der Waals surface area contributed by atoms with Gasteiger partial charge in [0.25, 0.3) is 0 Å². The van der Waals surface area contributed by atoms with E-state index in [2.05, 4.69) is 21.1 Å². The molecule has 1 unspecified atom stereocenters. The molecule has 11 heavy (non-hydrogen) atoms. The Hall–Kier alpha value is -0.700. The van der Waals surface area contributed by atoms with E-state index in [0.29, 0.717) is 0 Å². The average molecular weight is 214 g/mol. The summed E-state index contributed by atoms with van der Waals surface area (Å²) in [6, 6.07) is 7.33. The highest BCUT2D eigenvalue weighted by Gasteiger charge is 2.03. The molecule has 1 aromatic carbocycles. The van der Waals surface area contributed by atoms with Gasteiger partial charge in [-0.15, -0.1) is 0 Å². The lowest BCUT2D eigenvalue weighted by atomic mass is 10.1. The van der Waals surface area contributed by atoms with Gasteiger partial charge < -0.3 is 0 Å². The molecule has 0 fully saturated rings. The van der Waals surface area contributed by atoms with Crippen LogP contribution in [0.3, 0.4) is 0 Å². The van der Waals surface area contributed by atoms with Gasteiger partial charge in [0, 0.05) is 4.47 Å². The van der Waals surface area contributed by atoms with Gasteiger partial charge in [-0.05, 0) is 24.6 Å². The van der Waals surface area contributed by atoms with Crippen LogP contribution in [0.5, 0.6) is 0 Å². The number of hydrogen-bond acceptors (Lipinski definition) is 2. The summed E-state index contributed by atoms with van der Waals surface area (Å²) < 4.78 is 0.977. The fourth-order valence-corrected chi connectivity index (χ4v) is 1.24. The van der Waals surface area contributed by atoms with Gasteiger partial charge in [-0.25, -0.2) is 0 Å². The minimum atomic E-state index is -0.257. The molecule has 3 heteroatoms. The summed E-state index contributed by atoms with van der Waals surface area (Å²) in [6.07, 6.45) is 0. The smallest absolute Gasteiger partial charge is 0.114 e. The van der Waals surface area contributed by atoms with Crippen LogP contribution in [-0.4, -0.2) is 0 Å². The molecule has 0 saturated carbocycles. The van der Waals surface area contributed by atoms with E-state index in [4.69, 9.17) is 0 Å². The topological polar surface area (TPSA) is 29.4 Å². The highest BCUT2D eigenvalue weighted by molar-refractivity contribution is 9.10. The van der Waals surface area contributed by atoms with Gasteiger partial charge >= 0.3 is 0 Å². The van der Waals surface area contributed by atoms with Crippen LogP contribution in [0.25, 0.3) is 0 Å². The van der Waals surface area contributed by atoms with E-state index in [1.807, 2.05) is 24.3 Å². The van der Waals surface area contributed by atoms with Crippen molar-refractivity contribution in [2.24, 2.45) is 5.18 Å². The number of hydrogen-bond donors (Lipinski definition) is 0. The Labute approximate surface area is 73.7 Å². The molecule has 0 heterocycles. The van der Waals surface area contributed by atoms with Crippen LogP contribution in [0.4, 0.5) is 0 Å². The van der Waals surface area contributed by atoms with Crippen molar-refractivity contribution in [1.82, 2.24) is 0 Å². The minimum absolute atomic E-state index is 0.257. The third kappa shape index (κ3) is 2.12. The second-order valence-corrected chi connectivity index (χ2v) is 3.25. The van der Waals surface area contributed by atoms with Crippen molar-refractivity contribution in [3.8, 4) is 0 Å². The van der Waals surface area contributed by atoms with Gasteiger partial charge in [0.15, 0.2) is 0 Å². The molecule has 0 bridgehead atoms. The number of nitroso groups, excluding NO2 is 1. The summed E-state index contributed by atoms with van der Waals surface area (Å²) in [7, 11) is 0. The highest BCUT2D eigenvalue weighted by Crippen LogP contribution is 2.19. The van der Waals surface area contributed by atoms with Crippen LogP contribution in [0.2, 0.25) is 0 Å². The molecule has 0 amide bonds. The predicted molar refractivity (Wildman–Crippen MR) is 48.4 cm³/mol. The van der Waals surface area contributed by atoms with E-state index in [-0.39, 0.29) is 6.04 Å². The average Bonchev–Trinajstić information content (AvgIpc) is 2.03. The van der Waals surface area contributed by atoms with Crippen molar-refractivity contribution in [1.29, 1.82) is 0 Å². The Morgan fingerprint density at radius 3 is 2.82 bits per heavy atom. The minimum Gasteiger partial charge on any atom is -0.150 e. The number of nitrogens with zero attached hydrogens (tertiary/aromatic N) is 1. The quantitative estimate of drug-likeness (QED) is 0.694. The van der Waals surface area contributed by atoms with Gasteiger partial charge in [-0.1, -0.05) is 33.2 Å². The van der Waals surface area contributed by atoms with E-state index in [1.54, 1.807) is 6.92 Å². The van der Waals surface area contributed by atoms with E-state index in [0.717, 1.165) is 10.0 Å².